The first-order chi connectivity index (χ1) is 7.96. The van der Waals surface area contributed by atoms with Crippen molar-refractivity contribution in [3.8, 4) is 0 Å². The molecule has 0 bridgehead atoms. The molecular weight excluding hydrogens is 220 g/mol. The Morgan fingerprint density at radius 2 is 1.76 bits per heavy atom. The molecule has 1 aliphatic carbocycles. The predicted molar refractivity (Wildman–Crippen MR) is 58.5 cm³/mol. The van der Waals surface area contributed by atoms with Gasteiger partial charge in [-0.15, -0.1) is 0 Å². The van der Waals surface area contributed by atoms with Crippen LogP contribution in [-0.4, -0.2) is 11.9 Å². The minimum Gasteiger partial charge on any atom is -0.550 e. The first-order valence-corrected chi connectivity index (χ1v) is 6.36. The van der Waals surface area contributed by atoms with E-state index in [1.165, 1.54) is 0 Å². The van der Waals surface area contributed by atoms with Gasteiger partial charge in [0.15, 0.2) is 0 Å². The van der Waals surface area contributed by atoms with E-state index in [2.05, 4.69) is 0 Å². The number of carboxylic acids is 2. The lowest BCUT2D eigenvalue weighted by molar-refractivity contribution is -0.317. The van der Waals surface area contributed by atoms with Crippen molar-refractivity contribution in [1.29, 1.82) is 0 Å². The van der Waals surface area contributed by atoms with Crippen LogP contribution < -0.4 is 10.2 Å². The third-order valence-electron chi connectivity index (χ3n) is 4.00. The lowest BCUT2D eigenvalue weighted by Gasteiger charge is -2.41. The van der Waals surface area contributed by atoms with Gasteiger partial charge >= 0.3 is 0 Å². The fourth-order valence-corrected chi connectivity index (χ4v) is 2.91. The standard InChI is InChI=1S/C13H22O4/c1-13(8-3-2-4-9-13)10(12(16)17)6-5-7-11(14)15/h10H,2-9H2,1H3,(H,14,15)(H,16,17)/p-2. The molecule has 98 valence electrons. The van der Waals surface area contributed by atoms with Crippen LogP contribution in [0.5, 0.6) is 0 Å². The van der Waals surface area contributed by atoms with E-state index in [-0.39, 0.29) is 11.8 Å². The highest BCUT2D eigenvalue weighted by atomic mass is 16.4. The van der Waals surface area contributed by atoms with E-state index < -0.39 is 17.9 Å². The molecule has 0 saturated heterocycles. The quantitative estimate of drug-likeness (QED) is 0.666. The topological polar surface area (TPSA) is 80.3 Å². The summed E-state index contributed by atoms with van der Waals surface area (Å²) in [7, 11) is 0. The van der Waals surface area contributed by atoms with Crippen molar-refractivity contribution in [3.63, 3.8) is 0 Å². The van der Waals surface area contributed by atoms with E-state index in [1.807, 2.05) is 6.92 Å². The van der Waals surface area contributed by atoms with Gasteiger partial charge in [-0.3, -0.25) is 0 Å². The maximum Gasteiger partial charge on any atom is 0.0450 e. The summed E-state index contributed by atoms with van der Waals surface area (Å²) >= 11 is 0. The molecule has 0 heterocycles. The summed E-state index contributed by atoms with van der Waals surface area (Å²) in [5.41, 5.74) is -0.219. The van der Waals surface area contributed by atoms with Crippen LogP contribution in [0.3, 0.4) is 0 Å². The molecule has 0 aromatic heterocycles. The zero-order valence-electron chi connectivity index (χ0n) is 10.4. The fraction of sp³-hybridized carbons (Fsp3) is 0.846. The molecule has 1 unspecified atom stereocenters. The highest BCUT2D eigenvalue weighted by Gasteiger charge is 2.35. The molecule has 4 nitrogen and oxygen atoms in total. The second-order valence-electron chi connectivity index (χ2n) is 5.35. The van der Waals surface area contributed by atoms with E-state index >= 15 is 0 Å². The van der Waals surface area contributed by atoms with E-state index in [9.17, 15) is 19.8 Å². The highest BCUT2D eigenvalue weighted by Crippen LogP contribution is 2.43. The highest BCUT2D eigenvalue weighted by molar-refractivity contribution is 5.69. The summed E-state index contributed by atoms with van der Waals surface area (Å²) in [5.74, 6) is -2.68. The lowest BCUT2D eigenvalue weighted by atomic mass is 9.66. The normalized spacial score (nSPS) is 20.8. The van der Waals surface area contributed by atoms with Crippen molar-refractivity contribution in [2.75, 3.05) is 0 Å². The lowest BCUT2D eigenvalue weighted by Crippen LogP contribution is -2.42. The third-order valence-corrected chi connectivity index (χ3v) is 4.00. The van der Waals surface area contributed by atoms with Crippen LogP contribution in [0.4, 0.5) is 0 Å². The Kier molecular flexibility index (Phi) is 4.97. The average Bonchev–Trinajstić information content (AvgIpc) is 2.24. The van der Waals surface area contributed by atoms with Gasteiger partial charge < -0.3 is 19.8 Å². The molecule has 0 amide bonds. The Balaban J connectivity index is 2.57. The third kappa shape index (κ3) is 4.02. The Hall–Kier alpha value is -1.06. The Bertz CT molecular complexity index is 279. The first kappa shape index (κ1) is 14.0. The van der Waals surface area contributed by atoms with Crippen LogP contribution >= 0.6 is 0 Å². The minimum absolute atomic E-state index is 0.0696. The van der Waals surface area contributed by atoms with Gasteiger partial charge in [0.2, 0.25) is 0 Å². The Labute approximate surface area is 102 Å². The molecule has 17 heavy (non-hydrogen) atoms. The summed E-state index contributed by atoms with van der Waals surface area (Å²) in [6.45, 7) is 1.99. The molecule has 1 aliphatic rings. The van der Waals surface area contributed by atoms with Crippen molar-refractivity contribution >= 4 is 11.9 Å². The molecule has 1 saturated carbocycles. The van der Waals surface area contributed by atoms with Gasteiger partial charge in [0, 0.05) is 17.9 Å². The monoisotopic (exact) mass is 240 g/mol. The van der Waals surface area contributed by atoms with Crippen molar-refractivity contribution in [1.82, 2.24) is 0 Å². The van der Waals surface area contributed by atoms with E-state index in [0.29, 0.717) is 12.8 Å². The van der Waals surface area contributed by atoms with Crippen LogP contribution in [0.25, 0.3) is 0 Å². The molecule has 1 atom stereocenters. The minimum atomic E-state index is -1.11. The van der Waals surface area contributed by atoms with Gasteiger partial charge in [-0.1, -0.05) is 26.2 Å². The SMILES string of the molecule is CC1(C(CCCC(=O)[O-])C(=O)[O-])CCCCC1. The second-order valence-corrected chi connectivity index (χ2v) is 5.35. The maximum absolute atomic E-state index is 11.2. The molecule has 0 aromatic rings. The fourth-order valence-electron chi connectivity index (χ4n) is 2.91. The Morgan fingerprint density at radius 1 is 1.18 bits per heavy atom. The van der Waals surface area contributed by atoms with E-state index in [4.69, 9.17) is 0 Å². The summed E-state index contributed by atoms with van der Waals surface area (Å²) in [4.78, 5) is 21.5. The number of hydrogen-bond donors (Lipinski definition) is 0. The maximum atomic E-state index is 11.2. The zero-order valence-corrected chi connectivity index (χ0v) is 10.4. The van der Waals surface area contributed by atoms with Gasteiger partial charge in [-0.2, -0.15) is 0 Å². The van der Waals surface area contributed by atoms with Crippen LogP contribution in [-0.2, 0) is 9.59 Å². The predicted octanol–water partition coefficient (Wildman–Crippen LogP) is 0.243. The molecule has 1 rings (SSSR count). The molecule has 0 radical (unpaired) electrons. The van der Waals surface area contributed by atoms with E-state index in [0.717, 1.165) is 32.1 Å². The number of hydrogen-bond acceptors (Lipinski definition) is 4. The van der Waals surface area contributed by atoms with Crippen molar-refractivity contribution in [2.24, 2.45) is 11.3 Å². The molecule has 0 spiro atoms. The van der Waals surface area contributed by atoms with Gasteiger partial charge in [0.1, 0.15) is 0 Å². The summed E-state index contributed by atoms with van der Waals surface area (Å²) in [6, 6.07) is 0. The number of aliphatic carboxylic acids is 2. The smallest absolute Gasteiger partial charge is 0.0450 e. The molecule has 4 heteroatoms. The largest absolute Gasteiger partial charge is 0.550 e. The number of carbonyl (C=O) groups is 2. The van der Waals surface area contributed by atoms with Crippen molar-refractivity contribution in [3.05, 3.63) is 0 Å². The summed E-state index contributed by atoms with van der Waals surface area (Å²) in [6.07, 6.45) is 5.74. The second kappa shape index (κ2) is 6.03. The van der Waals surface area contributed by atoms with Gasteiger partial charge in [0.25, 0.3) is 0 Å². The first-order valence-electron chi connectivity index (χ1n) is 6.36. The summed E-state index contributed by atoms with van der Waals surface area (Å²) in [5, 5.41) is 21.5. The summed E-state index contributed by atoms with van der Waals surface area (Å²) < 4.78 is 0. The number of carboxylic acid groups (broad SMARTS) is 2. The molecular formula is C13H20O4-2. The molecule has 0 N–H and O–H groups in total. The molecule has 0 aromatic carbocycles. The van der Waals surface area contributed by atoms with Gasteiger partial charge in [-0.05, 0) is 37.5 Å². The van der Waals surface area contributed by atoms with Crippen LogP contribution in [0.15, 0.2) is 0 Å². The van der Waals surface area contributed by atoms with E-state index in [1.54, 1.807) is 0 Å². The molecule has 0 aliphatic heterocycles. The van der Waals surface area contributed by atoms with Crippen LogP contribution in [0, 0.1) is 11.3 Å². The number of carbonyl (C=O) groups excluding carboxylic acids is 2. The molecule has 1 fully saturated rings. The zero-order chi connectivity index (χ0) is 12.9. The van der Waals surface area contributed by atoms with Crippen molar-refractivity contribution < 1.29 is 19.8 Å². The van der Waals surface area contributed by atoms with Crippen LogP contribution in [0.2, 0.25) is 0 Å². The van der Waals surface area contributed by atoms with Gasteiger partial charge in [0.05, 0.1) is 0 Å². The Morgan fingerprint density at radius 3 is 2.24 bits per heavy atom. The number of rotatable bonds is 6. The van der Waals surface area contributed by atoms with Gasteiger partial charge in [-0.25, -0.2) is 0 Å². The van der Waals surface area contributed by atoms with Crippen molar-refractivity contribution in [2.45, 2.75) is 58.3 Å². The average molecular weight is 240 g/mol. The van der Waals surface area contributed by atoms with Crippen LogP contribution in [0.1, 0.15) is 58.3 Å².